The minimum atomic E-state index is 0. The maximum atomic E-state index is 5.25. The van der Waals surface area contributed by atoms with Gasteiger partial charge in [-0.1, -0.05) is 5.92 Å². The van der Waals surface area contributed by atoms with Crippen molar-refractivity contribution in [3.8, 4) is 12.3 Å². The molecule has 0 bridgehead atoms. The van der Waals surface area contributed by atoms with Gasteiger partial charge in [-0.3, -0.25) is 9.67 Å². The van der Waals surface area contributed by atoms with Crippen LogP contribution < -0.4 is 5.32 Å². The quantitative estimate of drug-likeness (QED) is 0.365. The smallest absolute Gasteiger partial charge is 0.194 e. The molecule has 0 amide bonds. The zero-order valence-electron chi connectivity index (χ0n) is 11.3. The summed E-state index contributed by atoms with van der Waals surface area (Å²) in [5.74, 6) is 3.99. The van der Waals surface area contributed by atoms with Gasteiger partial charge in [0.15, 0.2) is 5.96 Å². The molecule has 1 fully saturated rings. The predicted molar refractivity (Wildman–Crippen MR) is 87.7 cm³/mol. The number of hydrogen-bond donors (Lipinski definition) is 1. The Morgan fingerprint density at radius 1 is 1.68 bits per heavy atom. The van der Waals surface area contributed by atoms with E-state index in [0.717, 1.165) is 25.5 Å². The maximum absolute atomic E-state index is 5.25. The Balaban J connectivity index is 0.00000180. The first-order chi connectivity index (χ1) is 8.74. The largest absolute Gasteiger partial charge is 0.345 e. The minimum Gasteiger partial charge on any atom is -0.345 e. The Morgan fingerprint density at radius 2 is 2.47 bits per heavy atom. The Labute approximate surface area is 131 Å². The van der Waals surface area contributed by atoms with Gasteiger partial charge in [-0.25, -0.2) is 0 Å². The second-order valence-electron chi connectivity index (χ2n) is 4.48. The summed E-state index contributed by atoms with van der Waals surface area (Å²) in [6.45, 7) is 2.49. The van der Waals surface area contributed by atoms with Crippen LogP contribution in [0.3, 0.4) is 0 Å². The number of halogens is 1. The zero-order chi connectivity index (χ0) is 13.0. The third-order valence-corrected chi connectivity index (χ3v) is 3.24. The summed E-state index contributed by atoms with van der Waals surface area (Å²) in [5, 5.41) is 7.38. The van der Waals surface area contributed by atoms with Crippen LogP contribution in [0.4, 0.5) is 0 Å². The monoisotopic (exact) mass is 373 g/mol. The lowest BCUT2D eigenvalue weighted by Gasteiger charge is -2.20. The van der Waals surface area contributed by atoms with Gasteiger partial charge in [-0.05, 0) is 12.0 Å². The summed E-state index contributed by atoms with van der Waals surface area (Å²) in [7, 11) is 3.74. The van der Waals surface area contributed by atoms with Gasteiger partial charge in [0.1, 0.15) is 0 Å². The SMILES string of the molecule is C#CCNC(=NC)N1CCC(c2cnn(C)c2)C1.I. The molecule has 1 aliphatic heterocycles. The van der Waals surface area contributed by atoms with Crippen molar-refractivity contribution >= 4 is 29.9 Å². The molecule has 1 aromatic rings. The normalized spacial score (nSPS) is 18.9. The van der Waals surface area contributed by atoms with Crippen molar-refractivity contribution in [2.24, 2.45) is 12.0 Å². The fourth-order valence-corrected chi connectivity index (χ4v) is 2.34. The molecule has 0 aliphatic carbocycles. The van der Waals surface area contributed by atoms with Gasteiger partial charge in [0, 0.05) is 39.3 Å². The average Bonchev–Trinajstić information content (AvgIpc) is 2.99. The van der Waals surface area contributed by atoms with Gasteiger partial charge < -0.3 is 10.2 Å². The molecular weight excluding hydrogens is 353 g/mol. The molecule has 1 N–H and O–H groups in total. The second-order valence-corrected chi connectivity index (χ2v) is 4.48. The summed E-state index contributed by atoms with van der Waals surface area (Å²) >= 11 is 0. The molecule has 6 heteroatoms. The van der Waals surface area contributed by atoms with Crippen molar-refractivity contribution in [3.05, 3.63) is 18.0 Å². The molecule has 1 saturated heterocycles. The van der Waals surface area contributed by atoms with Crippen molar-refractivity contribution in [2.75, 3.05) is 26.7 Å². The van der Waals surface area contributed by atoms with Crippen molar-refractivity contribution in [1.29, 1.82) is 0 Å². The standard InChI is InChI=1S/C13H19N5.HI/c1-4-6-15-13(14-2)18-7-5-11(10-18)12-8-16-17(3)9-12;/h1,8-9,11H,5-7,10H2,2-3H3,(H,14,15);1H. The predicted octanol–water partition coefficient (Wildman–Crippen LogP) is 1.04. The molecule has 1 aliphatic rings. The lowest BCUT2D eigenvalue weighted by molar-refractivity contribution is 0.490. The zero-order valence-corrected chi connectivity index (χ0v) is 13.7. The number of aromatic nitrogens is 2. The topological polar surface area (TPSA) is 45.5 Å². The van der Waals surface area contributed by atoms with E-state index < -0.39 is 0 Å². The first kappa shape index (κ1) is 15.8. The average molecular weight is 373 g/mol. The molecule has 2 heterocycles. The van der Waals surface area contributed by atoms with Crippen molar-refractivity contribution in [2.45, 2.75) is 12.3 Å². The van der Waals surface area contributed by atoms with Crippen LogP contribution in [0.2, 0.25) is 0 Å². The van der Waals surface area contributed by atoms with Gasteiger partial charge >= 0.3 is 0 Å². The van der Waals surface area contributed by atoms with Crippen molar-refractivity contribution in [1.82, 2.24) is 20.0 Å². The number of likely N-dealkylation sites (tertiary alicyclic amines) is 1. The van der Waals surface area contributed by atoms with Gasteiger partial charge in [-0.15, -0.1) is 30.4 Å². The highest BCUT2D eigenvalue weighted by molar-refractivity contribution is 14.0. The first-order valence-corrected chi connectivity index (χ1v) is 6.12. The molecule has 2 rings (SSSR count). The highest BCUT2D eigenvalue weighted by atomic mass is 127. The van der Waals surface area contributed by atoms with E-state index in [-0.39, 0.29) is 24.0 Å². The first-order valence-electron chi connectivity index (χ1n) is 6.12. The lowest BCUT2D eigenvalue weighted by atomic mass is 10.0. The van der Waals surface area contributed by atoms with Gasteiger partial charge in [0.05, 0.1) is 12.7 Å². The van der Waals surface area contributed by atoms with E-state index in [1.807, 2.05) is 17.9 Å². The van der Waals surface area contributed by atoms with E-state index in [1.165, 1.54) is 5.56 Å². The number of nitrogens with one attached hydrogen (secondary N) is 1. The molecule has 5 nitrogen and oxygen atoms in total. The Morgan fingerprint density at radius 3 is 3.05 bits per heavy atom. The van der Waals surface area contributed by atoms with Crippen LogP contribution in [0.5, 0.6) is 0 Å². The van der Waals surface area contributed by atoms with E-state index in [9.17, 15) is 0 Å². The highest BCUT2D eigenvalue weighted by Crippen LogP contribution is 2.26. The summed E-state index contributed by atoms with van der Waals surface area (Å²) in [5.41, 5.74) is 1.30. The van der Waals surface area contributed by atoms with Crippen molar-refractivity contribution in [3.63, 3.8) is 0 Å². The Kier molecular flexibility index (Phi) is 6.15. The lowest BCUT2D eigenvalue weighted by Crippen LogP contribution is -2.40. The Bertz CT molecular complexity index is 474. The molecule has 0 saturated carbocycles. The molecule has 0 radical (unpaired) electrons. The van der Waals surface area contributed by atoms with Gasteiger partial charge in [0.2, 0.25) is 0 Å². The Hall–Kier alpha value is -1.23. The van der Waals surface area contributed by atoms with E-state index in [4.69, 9.17) is 6.42 Å². The second kappa shape index (κ2) is 7.38. The fourth-order valence-electron chi connectivity index (χ4n) is 2.34. The molecule has 19 heavy (non-hydrogen) atoms. The van der Waals surface area contributed by atoms with Crippen LogP contribution in [0.25, 0.3) is 0 Å². The van der Waals surface area contributed by atoms with Gasteiger partial charge in [-0.2, -0.15) is 5.10 Å². The molecule has 1 aromatic heterocycles. The minimum absolute atomic E-state index is 0. The van der Waals surface area contributed by atoms with Crippen LogP contribution >= 0.6 is 24.0 Å². The van der Waals surface area contributed by atoms with Crippen LogP contribution in [0.15, 0.2) is 17.4 Å². The van der Waals surface area contributed by atoms with Crippen LogP contribution in [0, 0.1) is 12.3 Å². The number of guanidine groups is 1. The maximum Gasteiger partial charge on any atom is 0.194 e. The summed E-state index contributed by atoms with van der Waals surface area (Å²) in [4.78, 5) is 6.50. The third kappa shape index (κ3) is 3.86. The van der Waals surface area contributed by atoms with E-state index in [2.05, 4.69) is 32.4 Å². The molecular formula is C13H20IN5. The van der Waals surface area contributed by atoms with E-state index >= 15 is 0 Å². The van der Waals surface area contributed by atoms with Crippen LogP contribution in [-0.2, 0) is 7.05 Å². The van der Waals surface area contributed by atoms with Crippen LogP contribution in [0.1, 0.15) is 17.9 Å². The molecule has 1 unspecified atom stereocenters. The molecule has 0 spiro atoms. The van der Waals surface area contributed by atoms with E-state index in [0.29, 0.717) is 12.5 Å². The number of nitrogens with zero attached hydrogens (tertiary/aromatic N) is 4. The molecule has 104 valence electrons. The number of aliphatic imine (C=N–C) groups is 1. The number of hydrogen-bond acceptors (Lipinski definition) is 2. The van der Waals surface area contributed by atoms with Gasteiger partial charge in [0.25, 0.3) is 0 Å². The number of terminal acetylenes is 1. The highest BCUT2D eigenvalue weighted by Gasteiger charge is 2.26. The number of rotatable bonds is 2. The van der Waals surface area contributed by atoms with Crippen molar-refractivity contribution < 1.29 is 0 Å². The number of aryl methyl sites for hydroxylation is 1. The summed E-state index contributed by atoms with van der Waals surface area (Å²) in [6.07, 6.45) is 10.4. The molecule has 0 aromatic carbocycles. The van der Waals surface area contributed by atoms with E-state index in [1.54, 1.807) is 7.05 Å². The third-order valence-electron chi connectivity index (χ3n) is 3.24. The fraction of sp³-hybridized carbons (Fsp3) is 0.538. The summed E-state index contributed by atoms with van der Waals surface area (Å²) < 4.78 is 1.85. The summed E-state index contributed by atoms with van der Waals surface area (Å²) in [6, 6.07) is 0. The van der Waals surface area contributed by atoms with Crippen LogP contribution in [-0.4, -0.2) is 47.3 Å². The molecule has 1 atom stereocenters.